The number of carbonyl (C=O) groups excluding carboxylic acids is 2. The van der Waals surface area contributed by atoms with Crippen molar-refractivity contribution >= 4 is 17.5 Å². The zero-order valence-corrected chi connectivity index (χ0v) is 16.3. The first-order valence-electron chi connectivity index (χ1n) is 8.87. The Balaban J connectivity index is 2.65. The number of ether oxygens (including phenoxy) is 1. The summed E-state index contributed by atoms with van der Waals surface area (Å²) in [6, 6.07) is 7.53. The molecule has 6 nitrogen and oxygen atoms in total. The summed E-state index contributed by atoms with van der Waals surface area (Å²) in [7, 11) is 1.59. The normalized spacial score (nSPS) is 12.2. The molecule has 0 saturated heterocycles. The van der Waals surface area contributed by atoms with E-state index in [1.54, 1.807) is 13.2 Å². The third-order valence-electron chi connectivity index (χ3n) is 4.07. The Morgan fingerprint density at radius 2 is 1.80 bits per heavy atom. The zero-order valence-electron chi connectivity index (χ0n) is 16.3. The molecular formula is C19H32N3O3+. The molecule has 1 rings (SSSR count). The van der Waals surface area contributed by atoms with Gasteiger partial charge < -0.3 is 19.9 Å². The first-order chi connectivity index (χ1) is 11.8. The minimum atomic E-state index is -0.112. The molecule has 25 heavy (non-hydrogen) atoms. The molecule has 2 N–H and O–H groups in total. The number of hydrogen-bond donors (Lipinski definition) is 2. The molecule has 0 saturated carbocycles. The molecule has 0 aliphatic rings. The molecule has 6 heteroatoms. The SMILES string of the molecule is CC[NH+](CC(=O)Nc1cccc(OC)c1)CC(=O)N(C(C)C)C(C)C. The summed E-state index contributed by atoms with van der Waals surface area (Å²) in [6.07, 6.45) is 0. The highest BCUT2D eigenvalue weighted by atomic mass is 16.5. The fourth-order valence-electron chi connectivity index (χ4n) is 2.92. The maximum atomic E-state index is 12.6. The van der Waals surface area contributed by atoms with Crippen molar-refractivity contribution in [2.45, 2.75) is 46.7 Å². The van der Waals surface area contributed by atoms with Crippen molar-refractivity contribution in [2.24, 2.45) is 0 Å². The van der Waals surface area contributed by atoms with E-state index in [9.17, 15) is 9.59 Å². The lowest BCUT2D eigenvalue weighted by molar-refractivity contribution is -0.882. The largest absolute Gasteiger partial charge is 0.497 e. The molecule has 140 valence electrons. The van der Waals surface area contributed by atoms with E-state index in [0.717, 1.165) is 4.90 Å². The fraction of sp³-hybridized carbons (Fsp3) is 0.579. The van der Waals surface area contributed by atoms with Crippen LogP contribution in [0.1, 0.15) is 34.6 Å². The maximum absolute atomic E-state index is 12.6. The first kappa shape index (κ1) is 21.0. The average molecular weight is 350 g/mol. The van der Waals surface area contributed by atoms with Crippen molar-refractivity contribution in [1.29, 1.82) is 0 Å². The summed E-state index contributed by atoms with van der Waals surface area (Å²) >= 11 is 0. The second-order valence-corrected chi connectivity index (χ2v) is 6.73. The minimum Gasteiger partial charge on any atom is -0.497 e. The van der Waals surface area contributed by atoms with Crippen LogP contribution in [0, 0.1) is 0 Å². The maximum Gasteiger partial charge on any atom is 0.279 e. The average Bonchev–Trinajstić information content (AvgIpc) is 2.53. The van der Waals surface area contributed by atoms with Gasteiger partial charge in [0.25, 0.3) is 11.8 Å². The van der Waals surface area contributed by atoms with Gasteiger partial charge in [0, 0.05) is 23.8 Å². The van der Waals surface area contributed by atoms with Gasteiger partial charge in [-0.3, -0.25) is 9.59 Å². The summed E-state index contributed by atoms with van der Waals surface area (Å²) in [6.45, 7) is 11.3. The number of anilines is 1. The van der Waals surface area contributed by atoms with Gasteiger partial charge in [-0.15, -0.1) is 0 Å². The number of rotatable bonds is 9. The number of carbonyl (C=O) groups is 2. The Kier molecular flexibility index (Phi) is 8.41. The van der Waals surface area contributed by atoms with Crippen molar-refractivity contribution in [3.8, 4) is 5.75 Å². The van der Waals surface area contributed by atoms with Crippen LogP contribution < -0.4 is 15.0 Å². The Morgan fingerprint density at radius 1 is 1.16 bits per heavy atom. The molecule has 1 aromatic carbocycles. The summed E-state index contributed by atoms with van der Waals surface area (Å²) in [5, 5.41) is 2.86. The third kappa shape index (κ3) is 6.74. The van der Waals surface area contributed by atoms with E-state index in [1.807, 2.05) is 57.7 Å². The van der Waals surface area contributed by atoms with E-state index in [2.05, 4.69) is 5.32 Å². The summed E-state index contributed by atoms with van der Waals surface area (Å²) in [5.41, 5.74) is 0.692. The monoisotopic (exact) mass is 350 g/mol. The Morgan fingerprint density at radius 3 is 2.32 bits per heavy atom. The highest BCUT2D eigenvalue weighted by Gasteiger charge is 2.25. The summed E-state index contributed by atoms with van der Waals surface area (Å²) in [5.74, 6) is 0.659. The Bertz CT molecular complexity index is 565. The summed E-state index contributed by atoms with van der Waals surface area (Å²) < 4.78 is 5.16. The van der Waals surface area contributed by atoms with Crippen LogP contribution >= 0.6 is 0 Å². The number of amides is 2. The van der Waals surface area contributed by atoms with Crippen LogP contribution in [0.5, 0.6) is 5.75 Å². The third-order valence-corrected chi connectivity index (χ3v) is 4.07. The lowest BCUT2D eigenvalue weighted by Crippen LogP contribution is -3.14. The van der Waals surface area contributed by atoms with Crippen molar-refractivity contribution in [3.05, 3.63) is 24.3 Å². The number of likely N-dealkylation sites (N-methyl/N-ethyl adjacent to an activating group) is 1. The predicted octanol–water partition coefficient (Wildman–Crippen LogP) is 1.18. The van der Waals surface area contributed by atoms with Gasteiger partial charge in [-0.25, -0.2) is 0 Å². The van der Waals surface area contributed by atoms with Crippen molar-refractivity contribution in [3.63, 3.8) is 0 Å². The van der Waals surface area contributed by atoms with Crippen molar-refractivity contribution in [2.75, 3.05) is 32.1 Å². The quantitative estimate of drug-likeness (QED) is 0.703. The Hall–Kier alpha value is -2.08. The molecule has 0 bridgehead atoms. The van der Waals surface area contributed by atoms with Crippen molar-refractivity contribution in [1.82, 2.24) is 4.90 Å². The molecule has 0 aliphatic heterocycles. The summed E-state index contributed by atoms with van der Waals surface area (Å²) in [4.78, 5) is 27.7. The number of methoxy groups -OCH3 is 1. The minimum absolute atomic E-state index is 0.0797. The van der Waals surface area contributed by atoms with Gasteiger partial charge in [-0.1, -0.05) is 6.07 Å². The van der Waals surface area contributed by atoms with Gasteiger partial charge in [-0.2, -0.15) is 0 Å². The van der Waals surface area contributed by atoms with E-state index < -0.39 is 0 Å². The predicted molar refractivity (Wildman–Crippen MR) is 100.0 cm³/mol. The molecule has 0 fully saturated rings. The highest BCUT2D eigenvalue weighted by molar-refractivity contribution is 5.91. The molecular weight excluding hydrogens is 318 g/mol. The Labute approximate surface area is 151 Å². The van der Waals surface area contributed by atoms with Gasteiger partial charge in [-0.05, 0) is 46.8 Å². The van der Waals surface area contributed by atoms with Crippen LogP contribution in [0.4, 0.5) is 5.69 Å². The van der Waals surface area contributed by atoms with Gasteiger partial charge in [0.2, 0.25) is 0 Å². The second kappa shape index (κ2) is 10.0. The second-order valence-electron chi connectivity index (χ2n) is 6.73. The van der Waals surface area contributed by atoms with Gasteiger partial charge in [0.1, 0.15) is 5.75 Å². The van der Waals surface area contributed by atoms with Crippen LogP contribution in [0.3, 0.4) is 0 Å². The molecule has 1 atom stereocenters. The smallest absolute Gasteiger partial charge is 0.279 e. The van der Waals surface area contributed by atoms with Crippen LogP contribution in [0.25, 0.3) is 0 Å². The first-order valence-corrected chi connectivity index (χ1v) is 8.87. The lowest BCUT2D eigenvalue weighted by Gasteiger charge is -2.31. The number of benzene rings is 1. The number of hydrogen-bond acceptors (Lipinski definition) is 3. The number of quaternary nitrogens is 1. The molecule has 0 aliphatic carbocycles. The molecule has 0 heterocycles. The van der Waals surface area contributed by atoms with E-state index in [0.29, 0.717) is 24.5 Å². The number of nitrogens with one attached hydrogen (secondary N) is 2. The van der Waals surface area contributed by atoms with E-state index in [-0.39, 0.29) is 30.4 Å². The van der Waals surface area contributed by atoms with Gasteiger partial charge in [0.15, 0.2) is 13.1 Å². The van der Waals surface area contributed by atoms with Crippen molar-refractivity contribution < 1.29 is 19.2 Å². The molecule has 1 aromatic rings. The highest BCUT2D eigenvalue weighted by Crippen LogP contribution is 2.16. The van der Waals surface area contributed by atoms with Crippen LogP contribution in [-0.4, -0.2) is 55.5 Å². The molecule has 1 unspecified atom stereocenters. The van der Waals surface area contributed by atoms with E-state index in [4.69, 9.17) is 4.74 Å². The molecule has 2 amide bonds. The topological polar surface area (TPSA) is 63.1 Å². The van der Waals surface area contributed by atoms with Crippen LogP contribution in [-0.2, 0) is 9.59 Å². The molecule has 0 aromatic heterocycles. The van der Waals surface area contributed by atoms with E-state index >= 15 is 0 Å². The number of nitrogens with zero attached hydrogens (tertiary/aromatic N) is 1. The molecule has 0 spiro atoms. The fourth-order valence-corrected chi connectivity index (χ4v) is 2.92. The zero-order chi connectivity index (χ0) is 19.0. The van der Waals surface area contributed by atoms with Crippen LogP contribution in [0.2, 0.25) is 0 Å². The van der Waals surface area contributed by atoms with Crippen LogP contribution in [0.15, 0.2) is 24.3 Å². The van der Waals surface area contributed by atoms with Gasteiger partial charge >= 0.3 is 0 Å². The van der Waals surface area contributed by atoms with E-state index in [1.165, 1.54) is 0 Å². The standard InChI is InChI=1S/C19H31N3O3/c1-7-21(13-19(24)22(14(2)3)15(4)5)12-18(23)20-16-9-8-10-17(11-16)25-6/h8-11,14-15H,7,12-13H2,1-6H3,(H,20,23)/p+1. The lowest BCUT2D eigenvalue weighted by atomic mass is 10.2. The van der Waals surface area contributed by atoms with Gasteiger partial charge in [0.05, 0.1) is 13.7 Å². The molecule has 0 radical (unpaired) electrons.